The van der Waals surface area contributed by atoms with Crippen LogP contribution in [-0.4, -0.2) is 41.7 Å². The van der Waals surface area contributed by atoms with Gasteiger partial charge in [-0.1, -0.05) is 41.5 Å². The number of rotatable bonds is 5. The van der Waals surface area contributed by atoms with E-state index in [4.69, 9.17) is 24.5 Å². The van der Waals surface area contributed by atoms with E-state index in [1.165, 1.54) is 25.3 Å². The molecule has 2 N–H and O–H groups in total. The predicted octanol–water partition coefficient (Wildman–Crippen LogP) is 6.75. The van der Waals surface area contributed by atoms with E-state index >= 15 is 0 Å². The number of aromatic hydroxyl groups is 2. The monoisotopic (exact) mass is 771 g/mol. The summed E-state index contributed by atoms with van der Waals surface area (Å²) < 4.78 is 87.0. The number of carbonyl (C=O) groups is 2. The molecule has 1 radical (unpaired) electrons. The minimum atomic E-state index is -4.68. The molecule has 0 aliphatic carbocycles. The van der Waals surface area contributed by atoms with Crippen LogP contribution in [-0.2, 0) is 49.6 Å². The standard InChI is InChI=1S/C31H32F6N2O3.2C2H4O2.Co/c1-28(2,3)22-12-19(30(32,33)34)10-17(26(22)40)15-38-24-9-8-21(42-7)14-25(24)39-16-18-11-20(31(35,36)37)13-23(27(18)41)29(4,5)6;2*1-2(3)4;/h8-16,40-41H,1-7H3;2*1H3,(H,3,4);/q;;;+2/p-2. The zero-order valence-corrected chi connectivity index (χ0v) is 30.2. The number of phenolic OH excluding ortho intramolecular Hbond substituents is 2. The number of aliphatic carboxylic acids is 2. The van der Waals surface area contributed by atoms with Crippen LogP contribution in [0.2, 0.25) is 0 Å². The minimum Gasteiger partial charge on any atom is -0.550 e. The predicted molar refractivity (Wildman–Crippen MR) is 172 cm³/mol. The SMILES string of the molecule is CC(=O)[O-].CC(=O)[O-].COc1ccc(N=Cc2cc(C(F)(F)F)cc(C(C)(C)C)c2O)c(N=Cc2cc(C(F)(F)F)cc(C(C)(C)C)c2O)c1.[Co+2]. The average Bonchev–Trinajstić information content (AvgIpc) is 2.93. The van der Waals surface area contributed by atoms with Crippen molar-refractivity contribution in [2.45, 2.75) is 78.6 Å². The first-order valence-electron chi connectivity index (χ1n) is 14.6. The van der Waals surface area contributed by atoms with Gasteiger partial charge in [0.25, 0.3) is 0 Å². The van der Waals surface area contributed by atoms with Gasteiger partial charge in [0, 0.05) is 52.7 Å². The van der Waals surface area contributed by atoms with E-state index in [1.54, 1.807) is 41.5 Å². The van der Waals surface area contributed by atoms with Gasteiger partial charge in [-0.15, -0.1) is 0 Å². The summed E-state index contributed by atoms with van der Waals surface area (Å²) in [6.07, 6.45) is -7.25. The van der Waals surface area contributed by atoms with E-state index in [-0.39, 0.29) is 61.9 Å². The van der Waals surface area contributed by atoms with Gasteiger partial charge in [-0.3, -0.25) is 9.98 Å². The third kappa shape index (κ3) is 14.7. The number of carboxylic acids is 2. The Labute approximate surface area is 301 Å². The summed E-state index contributed by atoms with van der Waals surface area (Å²) in [7, 11) is 1.38. The number of methoxy groups -OCH3 is 1. The molecule has 3 rings (SSSR count). The third-order valence-corrected chi connectivity index (χ3v) is 6.42. The summed E-state index contributed by atoms with van der Waals surface area (Å²) in [6, 6.07) is 7.71. The Hall–Kier alpha value is -4.57. The van der Waals surface area contributed by atoms with Gasteiger partial charge in [-0.25, -0.2) is 0 Å². The van der Waals surface area contributed by atoms with Crippen LogP contribution >= 0.6 is 0 Å². The van der Waals surface area contributed by atoms with Crippen LogP contribution in [0.1, 0.15) is 88.8 Å². The molecule has 0 spiro atoms. The second kappa shape index (κ2) is 18.1. The van der Waals surface area contributed by atoms with Crippen LogP contribution in [0.5, 0.6) is 17.2 Å². The number of hydrogen-bond donors (Lipinski definition) is 2. The van der Waals surface area contributed by atoms with Crippen LogP contribution in [0, 0.1) is 0 Å². The molecule has 51 heavy (non-hydrogen) atoms. The first-order chi connectivity index (χ1) is 22.6. The van der Waals surface area contributed by atoms with Crippen LogP contribution in [0.4, 0.5) is 37.7 Å². The van der Waals surface area contributed by atoms with Crippen LogP contribution in [0.25, 0.3) is 0 Å². The van der Waals surface area contributed by atoms with Gasteiger partial charge in [0.2, 0.25) is 0 Å². The molecule has 0 aliphatic rings. The Kier molecular flexibility index (Phi) is 16.5. The maximum atomic E-state index is 13.6. The summed E-state index contributed by atoms with van der Waals surface area (Å²) in [5, 5.41) is 39.4. The van der Waals surface area contributed by atoms with Gasteiger partial charge >= 0.3 is 29.1 Å². The van der Waals surface area contributed by atoms with Crippen molar-refractivity contribution in [1.29, 1.82) is 0 Å². The van der Waals surface area contributed by atoms with Crippen molar-refractivity contribution >= 4 is 35.7 Å². The van der Waals surface area contributed by atoms with Gasteiger partial charge in [-0.05, 0) is 61.1 Å². The molecule has 281 valence electrons. The molecule has 0 aliphatic heterocycles. The summed E-state index contributed by atoms with van der Waals surface area (Å²) in [5.74, 6) is -2.60. The fourth-order valence-electron chi connectivity index (χ4n) is 4.10. The number of carboxylic acid groups (broad SMARTS) is 2. The van der Waals surface area contributed by atoms with Crippen molar-refractivity contribution in [3.8, 4) is 17.2 Å². The van der Waals surface area contributed by atoms with Crippen LogP contribution in [0.15, 0.2) is 52.4 Å². The van der Waals surface area contributed by atoms with E-state index in [2.05, 4.69) is 9.98 Å². The second-order valence-electron chi connectivity index (χ2n) is 12.8. The van der Waals surface area contributed by atoms with E-state index < -0.39 is 46.2 Å². The zero-order valence-electron chi connectivity index (χ0n) is 29.1. The zero-order chi connectivity index (χ0) is 39.0. The van der Waals surface area contributed by atoms with E-state index in [0.29, 0.717) is 5.75 Å². The Balaban J connectivity index is 0.00000251. The van der Waals surface area contributed by atoms with Crippen molar-refractivity contribution in [2.75, 3.05) is 7.11 Å². The maximum absolute atomic E-state index is 13.6. The average molecular weight is 772 g/mol. The molecule has 16 heteroatoms. The number of phenols is 2. The van der Waals surface area contributed by atoms with Gasteiger partial charge in [0.05, 0.1) is 29.6 Å². The fourth-order valence-corrected chi connectivity index (χ4v) is 4.10. The number of aliphatic imine (C=N–C) groups is 2. The number of benzene rings is 3. The number of halogens is 6. The Bertz CT molecular complexity index is 1720. The smallest absolute Gasteiger partial charge is 0.550 e. The normalized spacial score (nSPS) is 12.0. The first kappa shape index (κ1) is 46.4. The van der Waals surface area contributed by atoms with Gasteiger partial charge in [0.1, 0.15) is 17.2 Å². The summed E-state index contributed by atoms with van der Waals surface area (Å²) in [6.45, 7) is 11.9. The van der Waals surface area contributed by atoms with E-state index in [1.807, 2.05) is 0 Å². The molecule has 0 unspecified atom stereocenters. The molecule has 0 fully saturated rings. The van der Waals surface area contributed by atoms with Crippen molar-refractivity contribution in [3.05, 3.63) is 75.8 Å². The molecule has 0 saturated heterocycles. The molecular formula is C35H38CoF6N2O7. The quantitative estimate of drug-likeness (QED) is 0.215. The largest absolute Gasteiger partial charge is 2.00 e. The second-order valence-corrected chi connectivity index (χ2v) is 12.8. The topological polar surface area (TPSA) is 155 Å². The number of nitrogens with zero attached hydrogens (tertiary/aromatic N) is 2. The Morgan fingerprint density at radius 1 is 0.667 bits per heavy atom. The minimum absolute atomic E-state index is 0. The molecule has 3 aromatic carbocycles. The Morgan fingerprint density at radius 2 is 1.00 bits per heavy atom. The van der Waals surface area contributed by atoms with E-state index in [0.717, 1.165) is 50.5 Å². The molecule has 0 amide bonds. The number of hydrogen-bond acceptors (Lipinski definition) is 9. The molecule has 0 heterocycles. The van der Waals surface area contributed by atoms with E-state index in [9.17, 15) is 36.6 Å². The first-order valence-corrected chi connectivity index (χ1v) is 14.6. The van der Waals surface area contributed by atoms with Crippen LogP contribution < -0.4 is 14.9 Å². The molecule has 0 aromatic heterocycles. The molecule has 0 saturated carbocycles. The maximum Gasteiger partial charge on any atom is 2.00 e. The molecule has 3 aromatic rings. The number of carbonyl (C=O) groups excluding carboxylic acids is 2. The van der Waals surface area contributed by atoms with Crippen molar-refractivity contribution < 1.29 is 77.9 Å². The van der Waals surface area contributed by atoms with Crippen molar-refractivity contribution in [1.82, 2.24) is 0 Å². The fraction of sp³-hybridized carbons (Fsp3) is 0.371. The molecule has 9 nitrogen and oxygen atoms in total. The molecule has 0 atom stereocenters. The van der Waals surface area contributed by atoms with Gasteiger partial charge in [0.15, 0.2) is 0 Å². The van der Waals surface area contributed by atoms with Gasteiger partial charge < -0.3 is 34.8 Å². The summed E-state index contributed by atoms with van der Waals surface area (Å²) in [5.41, 5.74) is -3.62. The van der Waals surface area contributed by atoms with Crippen molar-refractivity contribution in [3.63, 3.8) is 0 Å². The summed E-state index contributed by atoms with van der Waals surface area (Å²) >= 11 is 0. The Morgan fingerprint density at radius 3 is 1.29 bits per heavy atom. The van der Waals surface area contributed by atoms with Crippen LogP contribution in [0.3, 0.4) is 0 Å². The number of alkyl halides is 6. The third-order valence-electron chi connectivity index (χ3n) is 6.42. The molecular weight excluding hydrogens is 733 g/mol. The summed E-state index contributed by atoms with van der Waals surface area (Å²) in [4.78, 5) is 26.3. The number of ether oxygens (including phenoxy) is 1. The van der Waals surface area contributed by atoms with Crippen molar-refractivity contribution in [2.24, 2.45) is 9.98 Å². The molecule has 0 bridgehead atoms. The van der Waals surface area contributed by atoms with Gasteiger partial charge in [-0.2, -0.15) is 26.3 Å².